The molecule has 0 radical (unpaired) electrons. The minimum absolute atomic E-state index is 0.546. The Balaban J connectivity index is 2.32. The van der Waals surface area contributed by atoms with Gasteiger partial charge in [0.2, 0.25) is 5.88 Å². The molecule has 0 N–H and O–H groups in total. The summed E-state index contributed by atoms with van der Waals surface area (Å²) in [5.41, 5.74) is 3.88. The minimum atomic E-state index is 0.546. The number of aromatic nitrogens is 3. The minimum Gasteiger partial charge on any atom is -0.496 e. The van der Waals surface area contributed by atoms with Crippen LogP contribution in [-0.2, 0) is 7.05 Å². The van der Waals surface area contributed by atoms with E-state index in [1.165, 1.54) is 0 Å². The molecule has 0 saturated heterocycles. The van der Waals surface area contributed by atoms with Crippen LogP contribution in [0.1, 0.15) is 5.69 Å². The Hall–Kier alpha value is -2.56. The van der Waals surface area contributed by atoms with Crippen LogP contribution in [0.15, 0.2) is 30.6 Å². The zero-order chi connectivity index (χ0) is 15.0. The summed E-state index contributed by atoms with van der Waals surface area (Å²) in [5, 5.41) is 1.13. The molecular formula is C16H17N3O2. The van der Waals surface area contributed by atoms with E-state index >= 15 is 0 Å². The SMILES string of the molecule is COc1ccnc(OC)c1-c1cc2cc(C)ncc2n1C. The van der Waals surface area contributed by atoms with E-state index in [9.17, 15) is 0 Å². The summed E-state index contributed by atoms with van der Waals surface area (Å²) in [6, 6.07) is 6.00. The number of ether oxygens (including phenoxy) is 2. The lowest BCUT2D eigenvalue weighted by Gasteiger charge is -2.12. The molecular weight excluding hydrogens is 266 g/mol. The largest absolute Gasteiger partial charge is 0.496 e. The van der Waals surface area contributed by atoms with Crippen LogP contribution in [0.4, 0.5) is 0 Å². The molecule has 108 valence electrons. The fourth-order valence-corrected chi connectivity index (χ4v) is 2.57. The number of fused-ring (bicyclic) bond motifs is 1. The number of hydrogen-bond acceptors (Lipinski definition) is 4. The molecule has 0 fully saturated rings. The maximum absolute atomic E-state index is 5.47. The first-order valence-electron chi connectivity index (χ1n) is 6.65. The van der Waals surface area contributed by atoms with Crippen molar-refractivity contribution >= 4 is 10.9 Å². The smallest absolute Gasteiger partial charge is 0.226 e. The molecule has 0 amide bonds. The van der Waals surface area contributed by atoms with Gasteiger partial charge in [0.05, 0.1) is 31.6 Å². The number of nitrogens with zero attached hydrogens (tertiary/aromatic N) is 3. The molecule has 0 unspecified atom stereocenters. The van der Waals surface area contributed by atoms with Gasteiger partial charge < -0.3 is 14.0 Å². The molecule has 0 aliphatic rings. The van der Waals surface area contributed by atoms with Crippen molar-refractivity contribution in [3.05, 3.63) is 36.3 Å². The molecule has 0 aliphatic heterocycles. The van der Waals surface area contributed by atoms with Crippen LogP contribution in [0, 0.1) is 6.92 Å². The van der Waals surface area contributed by atoms with Gasteiger partial charge in [0.25, 0.3) is 0 Å². The third kappa shape index (κ3) is 2.11. The monoisotopic (exact) mass is 283 g/mol. The van der Waals surface area contributed by atoms with Crippen LogP contribution < -0.4 is 9.47 Å². The average molecular weight is 283 g/mol. The molecule has 3 aromatic heterocycles. The lowest BCUT2D eigenvalue weighted by Crippen LogP contribution is -1.99. The molecule has 0 atom stereocenters. The molecule has 0 saturated carbocycles. The number of methoxy groups -OCH3 is 2. The lowest BCUT2D eigenvalue weighted by atomic mass is 10.1. The molecule has 0 spiro atoms. The zero-order valence-corrected chi connectivity index (χ0v) is 12.5. The van der Waals surface area contributed by atoms with Gasteiger partial charge in [0, 0.05) is 24.3 Å². The lowest BCUT2D eigenvalue weighted by molar-refractivity contribution is 0.385. The summed E-state index contributed by atoms with van der Waals surface area (Å²) in [6.07, 6.45) is 3.55. The van der Waals surface area contributed by atoms with E-state index in [0.717, 1.165) is 33.6 Å². The molecule has 21 heavy (non-hydrogen) atoms. The van der Waals surface area contributed by atoms with Gasteiger partial charge in [-0.25, -0.2) is 4.98 Å². The second-order valence-electron chi connectivity index (χ2n) is 4.87. The number of pyridine rings is 2. The van der Waals surface area contributed by atoms with Gasteiger partial charge >= 0.3 is 0 Å². The predicted octanol–water partition coefficient (Wildman–Crippen LogP) is 2.96. The van der Waals surface area contributed by atoms with E-state index in [4.69, 9.17) is 9.47 Å². The van der Waals surface area contributed by atoms with E-state index in [1.54, 1.807) is 20.4 Å². The molecule has 0 aromatic carbocycles. The van der Waals surface area contributed by atoms with Crippen LogP contribution in [0.2, 0.25) is 0 Å². The van der Waals surface area contributed by atoms with Crippen molar-refractivity contribution in [2.75, 3.05) is 14.2 Å². The van der Waals surface area contributed by atoms with Crippen molar-refractivity contribution in [2.24, 2.45) is 7.05 Å². The van der Waals surface area contributed by atoms with Crippen LogP contribution in [-0.4, -0.2) is 28.8 Å². The first-order chi connectivity index (χ1) is 10.2. The molecule has 3 rings (SSSR count). The Morgan fingerprint density at radius 3 is 2.62 bits per heavy atom. The Bertz CT molecular complexity index is 786. The van der Waals surface area contributed by atoms with Crippen LogP contribution in [0.5, 0.6) is 11.6 Å². The van der Waals surface area contributed by atoms with E-state index in [2.05, 4.69) is 26.7 Å². The van der Waals surface area contributed by atoms with Crippen LogP contribution >= 0.6 is 0 Å². The Morgan fingerprint density at radius 1 is 1.10 bits per heavy atom. The summed E-state index contributed by atoms with van der Waals surface area (Å²) in [6.45, 7) is 1.98. The average Bonchev–Trinajstić information content (AvgIpc) is 2.82. The van der Waals surface area contributed by atoms with Crippen molar-refractivity contribution in [2.45, 2.75) is 6.92 Å². The first kappa shape index (κ1) is 13.4. The highest BCUT2D eigenvalue weighted by Gasteiger charge is 2.18. The summed E-state index contributed by atoms with van der Waals surface area (Å²) in [5.74, 6) is 1.28. The quantitative estimate of drug-likeness (QED) is 0.741. The summed E-state index contributed by atoms with van der Waals surface area (Å²) < 4.78 is 12.9. The van der Waals surface area contributed by atoms with Crippen molar-refractivity contribution < 1.29 is 9.47 Å². The molecule has 0 aliphatic carbocycles. The van der Waals surface area contributed by atoms with Gasteiger partial charge in [0.1, 0.15) is 11.3 Å². The summed E-state index contributed by atoms with van der Waals surface area (Å²) >= 11 is 0. The highest BCUT2D eigenvalue weighted by molar-refractivity contribution is 5.89. The van der Waals surface area contributed by atoms with Crippen LogP contribution in [0.3, 0.4) is 0 Å². The Morgan fingerprint density at radius 2 is 1.90 bits per heavy atom. The van der Waals surface area contributed by atoms with Crippen LogP contribution in [0.25, 0.3) is 22.2 Å². The normalized spacial score (nSPS) is 10.9. The van der Waals surface area contributed by atoms with Gasteiger partial charge in [0.15, 0.2) is 0 Å². The summed E-state index contributed by atoms with van der Waals surface area (Å²) in [4.78, 5) is 8.64. The fourth-order valence-electron chi connectivity index (χ4n) is 2.57. The fraction of sp³-hybridized carbons (Fsp3) is 0.250. The van der Waals surface area contributed by atoms with E-state index in [0.29, 0.717) is 5.88 Å². The predicted molar refractivity (Wildman–Crippen MR) is 81.8 cm³/mol. The van der Waals surface area contributed by atoms with Gasteiger partial charge in [-0.1, -0.05) is 0 Å². The number of hydrogen-bond donors (Lipinski definition) is 0. The zero-order valence-electron chi connectivity index (χ0n) is 12.5. The molecule has 5 heteroatoms. The van der Waals surface area contributed by atoms with Crippen molar-refractivity contribution in [3.8, 4) is 22.9 Å². The van der Waals surface area contributed by atoms with E-state index in [1.807, 2.05) is 26.2 Å². The standard InChI is InChI=1S/C16H17N3O2/c1-10-7-11-8-12(19(2)13(11)9-18-10)15-14(20-3)5-6-17-16(15)21-4/h5-9H,1-4H3. The maximum Gasteiger partial charge on any atom is 0.226 e. The van der Waals surface area contributed by atoms with Gasteiger partial charge in [-0.3, -0.25) is 4.98 Å². The van der Waals surface area contributed by atoms with Gasteiger partial charge in [-0.2, -0.15) is 0 Å². The highest BCUT2D eigenvalue weighted by atomic mass is 16.5. The van der Waals surface area contributed by atoms with Crippen molar-refractivity contribution in [1.82, 2.24) is 14.5 Å². The summed E-state index contributed by atoms with van der Waals surface area (Å²) in [7, 11) is 5.26. The van der Waals surface area contributed by atoms with Crippen molar-refractivity contribution in [3.63, 3.8) is 0 Å². The maximum atomic E-state index is 5.47. The first-order valence-corrected chi connectivity index (χ1v) is 6.65. The number of aryl methyl sites for hydroxylation is 2. The third-order valence-electron chi connectivity index (χ3n) is 3.61. The Labute approximate surface area is 123 Å². The Kier molecular flexibility index (Phi) is 3.25. The van der Waals surface area contributed by atoms with Gasteiger partial charge in [-0.05, 0) is 25.1 Å². The van der Waals surface area contributed by atoms with E-state index in [-0.39, 0.29) is 0 Å². The second-order valence-corrected chi connectivity index (χ2v) is 4.87. The topological polar surface area (TPSA) is 49.2 Å². The second kappa shape index (κ2) is 5.09. The highest BCUT2D eigenvalue weighted by Crippen LogP contribution is 2.38. The van der Waals surface area contributed by atoms with E-state index < -0.39 is 0 Å². The molecule has 0 bridgehead atoms. The molecule has 5 nitrogen and oxygen atoms in total. The van der Waals surface area contributed by atoms with Gasteiger partial charge in [-0.15, -0.1) is 0 Å². The molecule has 3 heterocycles. The third-order valence-corrected chi connectivity index (χ3v) is 3.61. The molecule has 3 aromatic rings. The van der Waals surface area contributed by atoms with Crippen molar-refractivity contribution in [1.29, 1.82) is 0 Å². The number of rotatable bonds is 3.